The van der Waals surface area contributed by atoms with E-state index in [4.69, 9.17) is 16.9 Å². The third-order valence-electron chi connectivity index (χ3n) is 2.74. The van der Waals surface area contributed by atoms with Crippen molar-refractivity contribution >= 4 is 35.0 Å². The first-order chi connectivity index (χ1) is 10.2. The fourth-order valence-corrected chi connectivity index (χ4v) is 2.63. The zero-order chi connectivity index (χ0) is 15.1. The van der Waals surface area contributed by atoms with Crippen molar-refractivity contribution in [2.45, 2.75) is 5.75 Å². The SMILES string of the molecule is N#Cc1ccccc1NC(=O)CSCc1ccc(Cl)cc1. The molecule has 2 rings (SSSR count). The van der Waals surface area contributed by atoms with Gasteiger partial charge in [0.25, 0.3) is 0 Å². The molecule has 0 saturated carbocycles. The summed E-state index contributed by atoms with van der Waals surface area (Å²) < 4.78 is 0. The molecule has 106 valence electrons. The fraction of sp³-hybridized carbons (Fsp3) is 0.125. The van der Waals surface area contributed by atoms with E-state index in [1.807, 2.05) is 24.3 Å². The van der Waals surface area contributed by atoms with Crippen LogP contribution in [0.3, 0.4) is 0 Å². The first kappa shape index (κ1) is 15.4. The molecule has 0 heterocycles. The number of hydrogen-bond acceptors (Lipinski definition) is 3. The Kier molecular flexibility index (Phi) is 5.68. The van der Waals surface area contributed by atoms with Gasteiger partial charge in [0.1, 0.15) is 6.07 Å². The second-order valence-electron chi connectivity index (χ2n) is 4.32. The molecular formula is C16H13ClN2OS. The van der Waals surface area contributed by atoms with E-state index in [0.717, 1.165) is 11.3 Å². The van der Waals surface area contributed by atoms with Gasteiger partial charge in [0.2, 0.25) is 5.91 Å². The van der Waals surface area contributed by atoms with Crippen molar-refractivity contribution in [3.05, 3.63) is 64.7 Å². The van der Waals surface area contributed by atoms with Gasteiger partial charge < -0.3 is 5.32 Å². The summed E-state index contributed by atoms with van der Waals surface area (Å²) in [6.45, 7) is 0. The Bertz CT molecular complexity index is 665. The molecule has 0 aliphatic rings. The summed E-state index contributed by atoms with van der Waals surface area (Å²) in [4.78, 5) is 11.9. The molecule has 5 heteroatoms. The Morgan fingerprint density at radius 3 is 2.62 bits per heavy atom. The molecule has 0 saturated heterocycles. The average Bonchev–Trinajstić information content (AvgIpc) is 2.50. The Hall–Kier alpha value is -1.96. The number of benzene rings is 2. The minimum absolute atomic E-state index is 0.114. The second-order valence-corrected chi connectivity index (χ2v) is 5.75. The highest BCUT2D eigenvalue weighted by Crippen LogP contribution is 2.17. The van der Waals surface area contributed by atoms with Crippen LogP contribution in [0.1, 0.15) is 11.1 Å². The summed E-state index contributed by atoms with van der Waals surface area (Å²) >= 11 is 7.33. The van der Waals surface area contributed by atoms with Crippen LogP contribution in [0.4, 0.5) is 5.69 Å². The molecule has 0 atom stereocenters. The number of para-hydroxylation sites is 1. The largest absolute Gasteiger partial charge is 0.324 e. The molecule has 0 spiro atoms. The van der Waals surface area contributed by atoms with Crippen LogP contribution in [0.5, 0.6) is 0 Å². The smallest absolute Gasteiger partial charge is 0.234 e. The van der Waals surface area contributed by atoms with Crippen molar-refractivity contribution in [2.75, 3.05) is 11.1 Å². The molecule has 2 aromatic carbocycles. The van der Waals surface area contributed by atoms with Crippen molar-refractivity contribution in [1.82, 2.24) is 0 Å². The normalized spacial score (nSPS) is 9.90. The van der Waals surface area contributed by atoms with E-state index < -0.39 is 0 Å². The van der Waals surface area contributed by atoms with Crippen LogP contribution in [-0.2, 0) is 10.5 Å². The van der Waals surface area contributed by atoms with Crippen LogP contribution in [-0.4, -0.2) is 11.7 Å². The predicted octanol–water partition coefficient (Wildman–Crippen LogP) is 4.08. The van der Waals surface area contributed by atoms with Gasteiger partial charge in [-0.15, -0.1) is 11.8 Å². The number of nitriles is 1. The maximum atomic E-state index is 11.9. The first-order valence-corrected chi connectivity index (χ1v) is 7.83. The second kappa shape index (κ2) is 7.72. The molecule has 1 N–H and O–H groups in total. The Morgan fingerprint density at radius 1 is 1.19 bits per heavy atom. The van der Waals surface area contributed by atoms with Gasteiger partial charge in [-0.05, 0) is 29.8 Å². The molecule has 0 aliphatic carbocycles. The molecule has 0 radical (unpaired) electrons. The summed E-state index contributed by atoms with van der Waals surface area (Å²) in [5.74, 6) is 0.962. The summed E-state index contributed by atoms with van der Waals surface area (Å²) in [5, 5.41) is 12.4. The number of nitrogens with one attached hydrogen (secondary N) is 1. The highest BCUT2D eigenvalue weighted by molar-refractivity contribution is 7.99. The average molecular weight is 317 g/mol. The quantitative estimate of drug-likeness (QED) is 0.904. The van der Waals surface area contributed by atoms with Gasteiger partial charge >= 0.3 is 0 Å². The monoisotopic (exact) mass is 316 g/mol. The van der Waals surface area contributed by atoms with Gasteiger partial charge in [0.05, 0.1) is 17.0 Å². The van der Waals surface area contributed by atoms with Gasteiger partial charge in [-0.2, -0.15) is 5.26 Å². The number of rotatable bonds is 5. The van der Waals surface area contributed by atoms with Crippen molar-refractivity contribution in [3.8, 4) is 6.07 Å². The van der Waals surface area contributed by atoms with Crippen LogP contribution in [0.25, 0.3) is 0 Å². The maximum Gasteiger partial charge on any atom is 0.234 e. The summed E-state index contributed by atoms with van der Waals surface area (Å²) in [6.07, 6.45) is 0. The van der Waals surface area contributed by atoms with Gasteiger partial charge in [0.15, 0.2) is 0 Å². The van der Waals surface area contributed by atoms with E-state index in [2.05, 4.69) is 11.4 Å². The fourth-order valence-electron chi connectivity index (χ4n) is 1.72. The number of amides is 1. The number of halogens is 1. The molecule has 0 bridgehead atoms. The lowest BCUT2D eigenvalue weighted by atomic mass is 10.2. The number of hydrogen-bond donors (Lipinski definition) is 1. The van der Waals surface area contributed by atoms with Crippen LogP contribution < -0.4 is 5.32 Å². The Morgan fingerprint density at radius 2 is 1.90 bits per heavy atom. The van der Waals surface area contributed by atoms with E-state index in [1.165, 1.54) is 11.8 Å². The first-order valence-electron chi connectivity index (χ1n) is 6.30. The van der Waals surface area contributed by atoms with Crippen LogP contribution >= 0.6 is 23.4 Å². The van der Waals surface area contributed by atoms with Gasteiger partial charge in [-0.25, -0.2) is 0 Å². The maximum absolute atomic E-state index is 11.9. The van der Waals surface area contributed by atoms with Gasteiger partial charge in [-0.1, -0.05) is 35.9 Å². The lowest BCUT2D eigenvalue weighted by molar-refractivity contribution is -0.113. The Balaban J connectivity index is 1.82. The molecule has 3 nitrogen and oxygen atoms in total. The standard InChI is InChI=1S/C16H13ClN2OS/c17-14-7-5-12(6-8-14)10-21-11-16(20)19-15-4-2-1-3-13(15)9-18/h1-8H,10-11H2,(H,19,20). The van der Waals surface area contributed by atoms with E-state index >= 15 is 0 Å². The molecule has 2 aromatic rings. The van der Waals surface area contributed by atoms with E-state index in [1.54, 1.807) is 24.3 Å². The van der Waals surface area contributed by atoms with Crippen molar-refractivity contribution in [3.63, 3.8) is 0 Å². The lowest BCUT2D eigenvalue weighted by Crippen LogP contribution is -2.15. The molecule has 0 fully saturated rings. The van der Waals surface area contributed by atoms with E-state index in [9.17, 15) is 4.79 Å². The van der Waals surface area contributed by atoms with Crippen molar-refractivity contribution < 1.29 is 4.79 Å². The van der Waals surface area contributed by atoms with Gasteiger partial charge in [0, 0.05) is 10.8 Å². The molecular weight excluding hydrogens is 304 g/mol. The zero-order valence-electron chi connectivity index (χ0n) is 11.2. The molecule has 0 aliphatic heterocycles. The van der Waals surface area contributed by atoms with Crippen LogP contribution in [0.2, 0.25) is 5.02 Å². The van der Waals surface area contributed by atoms with Crippen LogP contribution in [0.15, 0.2) is 48.5 Å². The minimum atomic E-state index is -0.114. The highest BCUT2D eigenvalue weighted by Gasteiger charge is 2.06. The van der Waals surface area contributed by atoms with E-state index in [-0.39, 0.29) is 5.91 Å². The van der Waals surface area contributed by atoms with Crippen molar-refractivity contribution in [1.29, 1.82) is 5.26 Å². The number of anilines is 1. The number of carbonyl (C=O) groups excluding carboxylic acids is 1. The van der Waals surface area contributed by atoms with E-state index in [0.29, 0.717) is 22.0 Å². The predicted molar refractivity (Wildman–Crippen MR) is 87.4 cm³/mol. The molecule has 21 heavy (non-hydrogen) atoms. The number of nitrogens with zero attached hydrogens (tertiary/aromatic N) is 1. The minimum Gasteiger partial charge on any atom is -0.324 e. The number of thioether (sulfide) groups is 1. The highest BCUT2D eigenvalue weighted by atomic mass is 35.5. The third kappa shape index (κ3) is 4.82. The lowest BCUT2D eigenvalue weighted by Gasteiger charge is -2.06. The number of carbonyl (C=O) groups is 1. The Labute approximate surface area is 132 Å². The third-order valence-corrected chi connectivity index (χ3v) is 3.99. The van der Waals surface area contributed by atoms with Crippen LogP contribution in [0, 0.1) is 11.3 Å². The summed E-state index contributed by atoms with van der Waals surface area (Å²) in [6, 6.07) is 16.6. The molecule has 0 unspecified atom stereocenters. The summed E-state index contributed by atoms with van der Waals surface area (Å²) in [7, 11) is 0. The van der Waals surface area contributed by atoms with Gasteiger partial charge in [-0.3, -0.25) is 4.79 Å². The zero-order valence-corrected chi connectivity index (χ0v) is 12.7. The molecule has 0 aromatic heterocycles. The molecule has 1 amide bonds. The summed E-state index contributed by atoms with van der Waals surface area (Å²) in [5.41, 5.74) is 2.14. The van der Waals surface area contributed by atoms with Crippen molar-refractivity contribution in [2.24, 2.45) is 0 Å². The topological polar surface area (TPSA) is 52.9 Å².